The topological polar surface area (TPSA) is 98.8 Å². The van der Waals surface area contributed by atoms with E-state index in [4.69, 9.17) is 20.5 Å². The van der Waals surface area contributed by atoms with Crippen LogP contribution < -0.4 is 9.50 Å². The van der Waals surface area contributed by atoms with Gasteiger partial charge in [-0.05, 0) is 49.4 Å². The van der Waals surface area contributed by atoms with E-state index in [1.54, 1.807) is 6.92 Å². The molecule has 1 amide bonds. The summed E-state index contributed by atoms with van der Waals surface area (Å²) >= 11 is 5.86. The van der Waals surface area contributed by atoms with E-state index in [2.05, 4.69) is 5.32 Å². The quantitative estimate of drug-likeness (QED) is 0.593. The highest BCUT2D eigenvalue weighted by Crippen LogP contribution is 2.27. The summed E-state index contributed by atoms with van der Waals surface area (Å²) in [4.78, 5) is 22.9. The van der Waals surface area contributed by atoms with E-state index in [0.29, 0.717) is 5.69 Å². The second kappa shape index (κ2) is 8.20. The van der Waals surface area contributed by atoms with Gasteiger partial charge in [0.2, 0.25) is 5.91 Å². The highest BCUT2D eigenvalue weighted by atomic mass is 35.5. The molecule has 1 N–H and O–H groups in total. The van der Waals surface area contributed by atoms with Crippen LogP contribution in [0.25, 0.3) is 0 Å². The lowest BCUT2D eigenvalue weighted by atomic mass is 10.2. The van der Waals surface area contributed by atoms with Crippen molar-refractivity contribution in [2.24, 2.45) is 0 Å². The van der Waals surface area contributed by atoms with Crippen LogP contribution in [0.15, 0.2) is 47.4 Å². The van der Waals surface area contributed by atoms with Crippen LogP contribution in [0.1, 0.15) is 24.2 Å². The van der Waals surface area contributed by atoms with Gasteiger partial charge in [-0.3, -0.25) is 4.79 Å². The third kappa shape index (κ3) is 4.96. The summed E-state index contributed by atoms with van der Waals surface area (Å²) in [6.45, 7) is 3.07. The molecule has 0 saturated carbocycles. The Morgan fingerprint density at radius 3 is 2.35 bits per heavy atom. The van der Waals surface area contributed by atoms with Crippen LogP contribution in [0.2, 0.25) is 5.02 Å². The summed E-state index contributed by atoms with van der Waals surface area (Å²) in [5.74, 6) is -1.22. The zero-order valence-corrected chi connectivity index (χ0v) is 15.6. The van der Waals surface area contributed by atoms with Crippen molar-refractivity contribution in [1.82, 2.24) is 0 Å². The van der Waals surface area contributed by atoms with E-state index in [1.165, 1.54) is 49.4 Å². The third-order valence-corrected chi connectivity index (χ3v) is 4.58. The molecule has 0 heterocycles. The summed E-state index contributed by atoms with van der Waals surface area (Å²) in [6, 6.07) is 9.34. The van der Waals surface area contributed by atoms with Crippen molar-refractivity contribution < 1.29 is 26.9 Å². The Hall–Kier alpha value is -2.58. The lowest BCUT2D eigenvalue weighted by Crippen LogP contribution is -2.14. The van der Waals surface area contributed by atoms with Crippen LogP contribution in [-0.4, -0.2) is 26.9 Å². The molecule has 0 spiro atoms. The van der Waals surface area contributed by atoms with E-state index in [-0.39, 0.29) is 33.7 Å². The highest BCUT2D eigenvalue weighted by molar-refractivity contribution is 7.87. The SMILES string of the molecule is CCOC(=O)c1cc(Cl)ccc1OS(=O)(=O)c1ccc(NC(C)=O)cc1. The predicted molar refractivity (Wildman–Crippen MR) is 96.0 cm³/mol. The van der Waals surface area contributed by atoms with E-state index in [0.717, 1.165) is 0 Å². The molecule has 0 fully saturated rings. The van der Waals surface area contributed by atoms with Crippen molar-refractivity contribution in [3.05, 3.63) is 53.1 Å². The number of carbonyl (C=O) groups is 2. The maximum absolute atomic E-state index is 12.5. The van der Waals surface area contributed by atoms with Crippen LogP contribution in [0.3, 0.4) is 0 Å². The van der Waals surface area contributed by atoms with Gasteiger partial charge in [-0.25, -0.2) is 4.79 Å². The second-order valence-electron chi connectivity index (χ2n) is 5.10. The molecule has 26 heavy (non-hydrogen) atoms. The molecule has 7 nitrogen and oxygen atoms in total. The number of anilines is 1. The van der Waals surface area contributed by atoms with Crippen molar-refractivity contribution in [3.8, 4) is 5.75 Å². The standard InChI is InChI=1S/C17H16ClNO6S/c1-3-24-17(21)15-10-12(18)4-9-16(15)25-26(22,23)14-7-5-13(6-8-14)19-11(2)20/h4-10H,3H2,1-2H3,(H,19,20). The molecule has 0 aromatic heterocycles. The number of hydrogen-bond acceptors (Lipinski definition) is 6. The van der Waals surface area contributed by atoms with Crippen molar-refractivity contribution in [1.29, 1.82) is 0 Å². The maximum atomic E-state index is 12.5. The largest absolute Gasteiger partial charge is 0.462 e. The first-order valence-electron chi connectivity index (χ1n) is 7.51. The van der Waals surface area contributed by atoms with Gasteiger partial charge in [-0.15, -0.1) is 0 Å². The lowest BCUT2D eigenvalue weighted by Gasteiger charge is -2.12. The molecule has 0 aliphatic carbocycles. The zero-order valence-electron chi connectivity index (χ0n) is 14.0. The van der Waals surface area contributed by atoms with Crippen molar-refractivity contribution >= 4 is 39.3 Å². The average Bonchev–Trinajstić information content (AvgIpc) is 2.56. The van der Waals surface area contributed by atoms with Gasteiger partial charge in [0.05, 0.1) is 6.61 Å². The molecular weight excluding hydrogens is 382 g/mol. The van der Waals surface area contributed by atoms with Crippen LogP contribution in [-0.2, 0) is 19.6 Å². The minimum absolute atomic E-state index is 0.0993. The number of amides is 1. The number of nitrogens with one attached hydrogen (secondary N) is 1. The van der Waals surface area contributed by atoms with Gasteiger partial charge >= 0.3 is 16.1 Å². The fourth-order valence-corrected chi connectivity index (χ4v) is 3.14. The Morgan fingerprint density at radius 1 is 1.12 bits per heavy atom. The molecule has 2 rings (SSSR count). The molecule has 0 aliphatic heterocycles. The molecule has 2 aromatic carbocycles. The number of rotatable bonds is 6. The van der Waals surface area contributed by atoms with E-state index < -0.39 is 16.1 Å². The number of halogens is 1. The summed E-state index contributed by atoms with van der Waals surface area (Å²) in [5, 5.41) is 2.76. The number of benzene rings is 2. The normalized spacial score (nSPS) is 10.9. The molecule has 0 aliphatic rings. The molecule has 0 atom stereocenters. The summed E-state index contributed by atoms with van der Waals surface area (Å²) < 4.78 is 34.9. The zero-order chi connectivity index (χ0) is 19.3. The van der Waals surface area contributed by atoms with Gasteiger partial charge in [0.25, 0.3) is 0 Å². The molecule has 2 aromatic rings. The molecule has 0 radical (unpaired) electrons. The Balaban J connectivity index is 2.32. The van der Waals surface area contributed by atoms with Crippen LogP contribution >= 0.6 is 11.6 Å². The van der Waals surface area contributed by atoms with Gasteiger partial charge in [0, 0.05) is 17.6 Å². The average molecular weight is 398 g/mol. The first-order valence-corrected chi connectivity index (χ1v) is 9.30. The Kier molecular flexibility index (Phi) is 6.23. The van der Waals surface area contributed by atoms with E-state index >= 15 is 0 Å². The number of hydrogen-bond donors (Lipinski definition) is 1. The number of carbonyl (C=O) groups excluding carboxylic acids is 2. The first-order chi connectivity index (χ1) is 12.2. The molecular formula is C17H16ClNO6S. The van der Waals surface area contributed by atoms with Crippen LogP contribution in [0, 0.1) is 0 Å². The number of ether oxygens (including phenoxy) is 1. The molecule has 0 unspecified atom stereocenters. The predicted octanol–water partition coefficient (Wildman–Crippen LogP) is 3.24. The van der Waals surface area contributed by atoms with Crippen molar-refractivity contribution in [2.75, 3.05) is 11.9 Å². The Bertz CT molecular complexity index is 925. The summed E-state index contributed by atoms with van der Waals surface area (Å²) in [5.41, 5.74) is 0.341. The minimum atomic E-state index is -4.21. The van der Waals surface area contributed by atoms with Crippen molar-refractivity contribution in [3.63, 3.8) is 0 Å². The number of esters is 1. The maximum Gasteiger partial charge on any atom is 0.342 e. The third-order valence-electron chi connectivity index (χ3n) is 3.10. The summed E-state index contributed by atoms with van der Waals surface area (Å²) in [7, 11) is -4.21. The van der Waals surface area contributed by atoms with E-state index in [1.807, 2.05) is 0 Å². The first kappa shape index (κ1) is 19.7. The van der Waals surface area contributed by atoms with Gasteiger partial charge in [0.1, 0.15) is 10.5 Å². The molecule has 0 bridgehead atoms. The second-order valence-corrected chi connectivity index (χ2v) is 7.09. The summed E-state index contributed by atoms with van der Waals surface area (Å²) in [6.07, 6.45) is 0. The highest BCUT2D eigenvalue weighted by Gasteiger charge is 2.22. The van der Waals surface area contributed by atoms with Gasteiger partial charge in [-0.1, -0.05) is 11.6 Å². The van der Waals surface area contributed by atoms with E-state index in [9.17, 15) is 18.0 Å². The monoisotopic (exact) mass is 397 g/mol. The van der Waals surface area contributed by atoms with Crippen LogP contribution in [0.5, 0.6) is 5.75 Å². The molecule has 9 heteroatoms. The van der Waals surface area contributed by atoms with Gasteiger partial charge in [0.15, 0.2) is 5.75 Å². The Labute approximate surface area is 156 Å². The molecule has 138 valence electrons. The minimum Gasteiger partial charge on any atom is -0.462 e. The van der Waals surface area contributed by atoms with Crippen molar-refractivity contribution in [2.45, 2.75) is 18.7 Å². The van der Waals surface area contributed by atoms with Gasteiger partial charge < -0.3 is 14.2 Å². The fourth-order valence-electron chi connectivity index (χ4n) is 2.02. The van der Waals surface area contributed by atoms with Gasteiger partial charge in [-0.2, -0.15) is 8.42 Å². The lowest BCUT2D eigenvalue weighted by molar-refractivity contribution is -0.114. The smallest absolute Gasteiger partial charge is 0.342 e. The Morgan fingerprint density at radius 2 is 1.77 bits per heavy atom. The van der Waals surface area contributed by atoms with Crippen LogP contribution in [0.4, 0.5) is 5.69 Å². The fraction of sp³-hybridized carbons (Fsp3) is 0.176. The molecule has 0 saturated heterocycles.